The van der Waals surface area contributed by atoms with Crippen molar-refractivity contribution in [1.29, 1.82) is 0 Å². The zero-order chi connectivity index (χ0) is 10.6. The Morgan fingerprint density at radius 3 is 2.79 bits per heavy atom. The number of nitrogens with zero attached hydrogens (tertiary/aromatic N) is 1. The van der Waals surface area contributed by atoms with Gasteiger partial charge in [-0.15, -0.1) is 0 Å². The van der Waals surface area contributed by atoms with Crippen LogP contribution in [0, 0.1) is 5.92 Å². The van der Waals surface area contributed by atoms with Crippen molar-refractivity contribution in [3.63, 3.8) is 0 Å². The van der Waals surface area contributed by atoms with Crippen molar-refractivity contribution in [2.45, 2.75) is 20.4 Å². The Morgan fingerprint density at radius 2 is 2.29 bits per heavy atom. The van der Waals surface area contributed by atoms with E-state index in [-0.39, 0.29) is 11.7 Å². The molecule has 1 heterocycles. The van der Waals surface area contributed by atoms with E-state index in [0.29, 0.717) is 6.54 Å². The van der Waals surface area contributed by atoms with Crippen LogP contribution < -0.4 is 0 Å². The lowest BCUT2D eigenvalue weighted by atomic mass is 10.1. The van der Waals surface area contributed by atoms with Gasteiger partial charge in [-0.05, 0) is 13.1 Å². The van der Waals surface area contributed by atoms with Gasteiger partial charge < -0.3 is 4.42 Å². The van der Waals surface area contributed by atoms with E-state index >= 15 is 0 Å². The van der Waals surface area contributed by atoms with Crippen molar-refractivity contribution in [2.75, 3.05) is 13.6 Å². The van der Waals surface area contributed by atoms with Crippen LogP contribution in [0.25, 0.3) is 0 Å². The molecule has 0 N–H and O–H groups in total. The van der Waals surface area contributed by atoms with Crippen molar-refractivity contribution in [1.82, 2.24) is 4.90 Å². The minimum Gasteiger partial charge on any atom is -0.472 e. The molecular weight excluding hydrogens is 178 g/mol. The number of rotatable bonds is 5. The summed E-state index contributed by atoms with van der Waals surface area (Å²) in [4.78, 5) is 13.4. The lowest BCUT2D eigenvalue weighted by Gasteiger charge is -2.15. The Kier molecular flexibility index (Phi) is 3.89. The van der Waals surface area contributed by atoms with E-state index in [0.717, 1.165) is 12.1 Å². The molecule has 0 aliphatic heterocycles. The van der Waals surface area contributed by atoms with Crippen molar-refractivity contribution >= 4 is 5.78 Å². The maximum atomic E-state index is 11.4. The van der Waals surface area contributed by atoms with Gasteiger partial charge in [-0.1, -0.05) is 13.8 Å². The van der Waals surface area contributed by atoms with Crippen LogP contribution in [-0.2, 0) is 11.3 Å². The molecule has 0 radical (unpaired) electrons. The monoisotopic (exact) mass is 195 g/mol. The highest BCUT2D eigenvalue weighted by Crippen LogP contribution is 2.04. The van der Waals surface area contributed by atoms with Crippen LogP contribution in [0.4, 0.5) is 0 Å². The second-order valence-electron chi connectivity index (χ2n) is 3.92. The first kappa shape index (κ1) is 11.0. The molecule has 3 nitrogen and oxygen atoms in total. The summed E-state index contributed by atoms with van der Waals surface area (Å²) >= 11 is 0. The SMILES string of the molecule is CC(C)C(=O)CN(C)Cc1ccoc1. The summed E-state index contributed by atoms with van der Waals surface area (Å²) in [5.41, 5.74) is 1.10. The molecule has 1 rings (SSSR count). The summed E-state index contributed by atoms with van der Waals surface area (Å²) < 4.78 is 4.96. The summed E-state index contributed by atoms with van der Waals surface area (Å²) in [7, 11) is 1.94. The van der Waals surface area contributed by atoms with Crippen LogP contribution in [0.3, 0.4) is 0 Å². The molecule has 0 saturated carbocycles. The molecule has 0 amide bonds. The average molecular weight is 195 g/mol. The number of carbonyl (C=O) groups excluding carboxylic acids is 1. The van der Waals surface area contributed by atoms with Gasteiger partial charge in [0.2, 0.25) is 0 Å². The first-order valence-corrected chi connectivity index (χ1v) is 4.82. The standard InChI is InChI=1S/C11H17NO2/c1-9(2)11(13)7-12(3)6-10-4-5-14-8-10/h4-5,8-9H,6-7H2,1-3H3. The predicted octanol–water partition coefficient (Wildman–Crippen LogP) is 1.94. The Bertz CT molecular complexity index is 277. The quantitative estimate of drug-likeness (QED) is 0.720. The Hall–Kier alpha value is -1.09. The maximum absolute atomic E-state index is 11.4. The molecule has 0 aliphatic rings. The molecule has 0 saturated heterocycles. The first-order chi connectivity index (χ1) is 6.59. The number of furan rings is 1. The third-order valence-corrected chi connectivity index (χ3v) is 2.10. The topological polar surface area (TPSA) is 33.5 Å². The minimum atomic E-state index is 0.113. The van der Waals surface area contributed by atoms with Crippen LogP contribution in [0.1, 0.15) is 19.4 Å². The highest BCUT2D eigenvalue weighted by molar-refractivity contribution is 5.82. The van der Waals surface area contributed by atoms with E-state index < -0.39 is 0 Å². The van der Waals surface area contributed by atoms with E-state index in [2.05, 4.69) is 0 Å². The van der Waals surface area contributed by atoms with Gasteiger partial charge in [0.05, 0.1) is 19.1 Å². The van der Waals surface area contributed by atoms with Gasteiger partial charge in [0.15, 0.2) is 0 Å². The maximum Gasteiger partial charge on any atom is 0.149 e. The molecule has 0 aliphatic carbocycles. The number of ketones is 1. The van der Waals surface area contributed by atoms with Crippen molar-refractivity contribution in [3.8, 4) is 0 Å². The predicted molar refractivity (Wildman–Crippen MR) is 54.9 cm³/mol. The van der Waals surface area contributed by atoms with E-state index in [9.17, 15) is 4.79 Å². The van der Waals surface area contributed by atoms with E-state index in [1.807, 2.05) is 31.9 Å². The molecule has 1 aromatic heterocycles. The lowest BCUT2D eigenvalue weighted by Crippen LogP contribution is -2.27. The molecule has 0 aromatic carbocycles. The Labute approximate surface area is 84.7 Å². The van der Waals surface area contributed by atoms with Crippen molar-refractivity contribution in [2.24, 2.45) is 5.92 Å². The number of hydrogen-bond acceptors (Lipinski definition) is 3. The van der Waals surface area contributed by atoms with Crippen molar-refractivity contribution < 1.29 is 9.21 Å². The third kappa shape index (κ3) is 3.34. The fourth-order valence-electron chi connectivity index (χ4n) is 1.20. The summed E-state index contributed by atoms with van der Waals surface area (Å²) in [5, 5.41) is 0. The Balaban J connectivity index is 2.36. The van der Waals surface area contributed by atoms with E-state index in [1.165, 1.54) is 0 Å². The summed E-state index contributed by atoms with van der Waals surface area (Å²) in [6.45, 7) is 5.11. The van der Waals surface area contributed by atoms with Crippen LogP contribution in [0.5, 0.6) is 0 Å². The van der Waals surface area contributed by atoms with Crippen LogP contribution in [0.15, 0.2) is 23.0 Å². The molecular formula is C11H17NO2. The molecule has 3 heteroatoms. The molecule has 0 atom stereocenters. The molecule has 0 bridgehead atoms. The number of likely N-dealkylation sites (N-methyl/N-ethyl adjacent to an activating group) is 1. The fraction of sp³-hybridized carbons (Fsp3) is 0.545. The van der Waals surface area contributed by atoms with Crippen LogP contribution in [0.2, 0.25) is 0 Å². The highest BCUT2D eigenvalue weighted by Gasteiger charge is 2.10. The summed E-state index contributed by atoms with van der Waals surface area (Å²) in [6, 6.07) is 1.91. The summed E-state index contributed by atoms with van der Waals surface area (Å²) in [6.07, 6.45) is 3.35. The largest absolute Gasteiger partial charge is 0.472 e. The third-order valence-electron chi connectivity index (χ3n) is 2.10. The molecule has 14 heavy (non-hydrogen) atoms. The van der Waals surface area contributed by atoms with Gasteiger partial charge in [0.1, 0.15) is 5.78 Å². The second-order valence-corrected chi connectivity index (χ2v) is 3.92. The molecule has 0 fully saturated rings. The van der Waals surface area contributed by atoms with Gasteiger partial charge in [0, 0.05) is 18.0 Å². The minimum absolute atomic E-state index is 0.113. The zero-order valence-corrected chi connectivity index (χ0v) is 8.99. The molecule has 1 aromatic rings. The van der Waals surface area contributed by atoms with Gasteiger partial charge in [-0.3, -0.25) is 9.69 Å². The molecule has 78 valence electrons. The number of hydrogen-bond donors (Lipinski definition) is 0. The first-order valence-electron chi connectivity index (χ1n) is 4.82. The highest BCUT2D eigenvalue weighted by atomic mass is 16.3. The smallest absolute Gasteiger partial charge is 0.149 e. The fourth-order valence-corrected chi connectivity index (χ4v) is 1.20. The second kappa shape index (κ2) is 4.96. The number of Topliss-reactive ketones (excluding diaryl/α,β-unsaturated/α-hetero) is 1. The Morgan fingerprint density at radius 1 is 1.57 bits per heavy atom. The van der Waals surface area contributed by atoms with E-state index in [4.69, 9.17) is 4.42 Å². The van der Waals surface area contributed by atoms with Crippen LogP contribution >= 0.6 is 0 Å². The number of carbonyl (C=O) groups is 1. The summed E-state index contributed by atoms with van der Waals surface area (Å²) in [5.74, 6) is 0.387. The normalized spacial score (nSPS) is 11.2. The van der Waals surface area contributed by atoms with Gasteiger partial charge >= 0.3 is 0 Å². The average Bonchev–Trinajstić information content (AvgIpc) is 2.56. The van der Waals surface area contributed by atoms with Gasteiger partial charge in [0.25, 0.3) is 0 Å². The lowest BCUT2D eigenvalue weighted by molar-refractivity contribution is -0.122. The molecule has 0 spiro atoms. The molecule has 0 unspecified atom stereocenters. The van der Waals surface area contributed by atoms with Crippen molar-refractivity contribution in [3.05, 3.63) is 24.2 Å². The van der Waals surface area contributed by atoms with E-state index in [1.54, 1.807) is 12.5 Å². The van der Waals surface area contributed by atoms with Gasteiger partial charge in [-0.2, -0.15) is 0 Å². The zero-order valence-electron chi connectivity index (χ0n) is 8.99. The van der Waals surface area contributed by atoms with Crippen LogP contribution in [-0.4, -0.2) is 24.3 Å². The van der Waals surface area contributed by atoms with Gasteiger partial charge in [-0.25, -0.2) is 0 Å².